The van der Waals surface area contributed by atoms with Gasteiger partial charge in [-0.3, -0.25) is 4.79 Å². The van der Waals surface area contributed by atoms with Crippen molar-refractivity contribution in [2.45, 2.75) is 26.0 Å². The van der Waals surface area contributed by atoms with Gasteiger partial charge in [-0.15, -0.1) is 11.8 Å². The number of anilines is 1. The minimum Gasteiger partial charge on any atom is -0.325 e. The Kier molecular flexibility index (Phi) is 5.73. The highest BCUT2D eigenvalue weighted by molar-refractivity contribution is 8.00. The van der Waals surface area contributed by atoms with E-state index in [0.29, 0.717) is 22.5 Å². The molecule has 1 aromatic rings. The Morgan fingerprint density at radius 2 is 1.94 bits per heavy atom. The molecular weight excluding hydrogens is 244 g/mol. The molecule has 0 heterocycles. The van der Waals surface area contributed by atoms with Crippen molar-refractivity contribution in [3.8, 4) is 6.07 Å². The molecule has 0 spiro atoms. The molecule has 0 aliphatic rings. The number of amides is 1. The van der Waals surface area contributed by atoms with Crippen LogP contribution in [-0.4, -0.2) is 16.9 Å². The molecule has 1 N–H and O–H groups in total. The number of hydrogen-bond donors (Lipinski definition) is 1. The first-order valence-electron chi connectivity index (χ1n) is 5.94. The smallest absolute Gasteiger partial charge is 0.234 e. The van der Waals surface area contributed by atoms with E-state index in [2.05, 4.69) is 26.1 Å². The van der Waals surface area contributed by atoms with Gasteiger partial charge in [0.05, 0.1) is 17.4 Å². The lowest BCUT2D eigenvalue weighted by Crippen LogP contribution is -2.17. The maximum absolute atomic E-state index is 11.7. The van der Waals surface area contributed by atoms with Crippen molar-refractivity contribution in [1.82, 2.24) is 0 Å². The average Bonchev–Trinajstić information content (AvgIpc) is 2.36. The van der Waals surface area contributed by atoms with Crippen molar-refractivity contribution in [1.29, 1.82) is 5.26 Å². The molecule has 0 saturated carbocycles. The Hall–Kier alpha value is -1.47. The summed E-state index contributed by atoms with van der Waals surface area (Å²) >= 11 is 1.66. The lowest BCUT2D eigenvalue weighted by atomic mass is 10.2. The molecule has 1 atom stereocenters. The zero-order valence-corrected chi connectivity index (χ0v) is 11.8. The van der Waals surface area contributed by atoms with Crippen molar-refractivity contribution in [3.05, 3.63) is 29.8 Å². The van der Waals surface area contributed by atoms with E-state index in [1.807, 2.05) is 6.07 Å². The number of nitrogens with zero attached hydrogens (tertiary/aromatic N) is 1. The van der Waals surface area contributed by atoms with Crippen molar-refractivity contribution in [2.75, 3.05) is 11.1 Å². The molecule has 0 bridgehead atoms. The van der Waals surface area contributed by atoms with E-state index in [0.717, 1.165) is 5.69 Å². The predicted molar refractivity (Wildman–Crippen MR) is 76.5 cm³/mol. The Morgan fingerprint density at radius 3 is 2.44 bits per heavy atom. The third-order valence-electron chi connectivity index (χ3n) is 2.71. The van der Waals surface area contributed by atoms with Gasteiger partial charge in [-0.05, 0) is 30.2 Å². The molecule has 4 heteroatoms. The molecule has 0 aromatic heterocycles. The Balaban J connectivity index is 2.42. The van der Waals surface area contributed by atoms with Gasteiger partial charge in [0.15, 0.2) is 0 Å². The first-order chi connectivity index (χ1) is 8.52. The molecule has 1 rings (SSSR count). The number of carbonyl (C=O) groups excluding carboxylic acids is 1. The van der Waals surface area contributed by atoms with Gasteiger partial charge in [0.25, 0.3) is 0 Å². The van der Waals surface area contributed by atoms with Crippen LogP contribution >= 0.6 is 11.8 Å². The number of nitrogens with one attached hydrogen (secondary N) is 1. The maximum atomic E-state index is 11.7. The summed E-state index contributed by atoms with van der Waals surface area (Å²) < 4.78 is 0. The lowest BCUT2D eigenvalue weighted by molar-refractivity contribution is -0.113. The molecule has 1 unspecified atom stereocenters. The molecule has 1 amide bonds. The standard InChI is InChI=1S/C14H18N2OS/c1-10(2)11(3)18-9-14(17)16-13-6-4-12(8-15)5-7-13/h4-7,10-11H,9H2,1-3H3,(H,16,17). The van der Waals surface area contributed by atoms with Crippen LogP contribution in [-0.2, 0) is 4.79 Å². The van der Waals surface area contributed by atoms with Crippen LogP contribution in [0.4, 0.5) is 5.69 Å². The minimum absolute atomic E-state index is 0.00259. The van der Waals surface area contributed by atoms with Crippen molar-refractivity contribution >= 4 is 23.4 Å². The molecule has 96 valence electrons. The molecule has 0 saturated heterocycles. The molecule has 3 nitrogen and oxygen atoms in total. The number of hydrogen-bond acceptors (Lipinski definition) is 3. The summed E-state index contributed by atoms with van der Waals surface area (Å²) in [7, 11) is 0. The van der Waals surface area contributed by atoms with Crippen LogP contribution in [0.2, 0.25) is 0 Å². The second-order valence-electron chi connectivity index (χ2n) is 4.50. The van der Waals surface area contributed by atoms with Crippen molar-refractivity contribution in [3.63, 3.8) is 0 Å². The normalized spacial score (nSPS) is 11.9. The van der Waals surface area contributed by atoms with Gasteiger partial charge in [-0.25, -0.2) is 0 Å². The van der Waals surface area contributed by atoms with E-state index >= 15 is 0 Å². The Bertz CT molecular complexity index is 434. The molecule has 0 fully saturated rings. The van der Waals surface area contributed by atoms with E-state index in [9.17, 15) is 4.79 Å². The average molecular weight is 262 g/mol. The minimum atomic E-state index is -0.00259. The first kappa shape index (κ1) is 14.6. The summed E-state index contributed by atoms with van der Waals surface area (Å²) in [6, 6.07) is 8.92. The zero-order valence-electron chi connectivity index (χ0n) is 10.9. The molecular formula is C14H18N2OS. The predicted octanol–water partition coefficient (Wildman–Crippen LogP) is 3.27. The number of rotatable bonds is 5. The van der Waals surface area contributed by atoms with Crippen molar-refractivity contribution < 1.29 is 4.79 Å². The monoisotopic (exact) mass is 262 g/mol. The van der Waals surface area contributed by atoms with Gasteiger partial charge in [0.2, 0.25) is 5.91 Å². The van der Waals surface area contributed by atoms with E-state index in [-0.39, 0.29) is 5.91 Å². The molecule has 0 radical (unpaired) electrons. The van der Waals surface area contributed by atoms with Gasteiger partial charge in [0.1, 0.15) is 0 Å². The van der Waals surface area contributed by atoms with Crippen LogP contribution in [0.1, 0.15) is 26.3 Å². The second-order valence-corrected chi connectivity index (χ2v) is 5.86. The summed E-state index contributed by atoms with van der Waals surface area (Å²) in [6.07, 6.45) is 0. The summed E-state index contributed by atoms with van der Waals surface area (Å²) in [5.74, 6) is 1.02. The number of carbonyl (C=O) groups is 1. The SMILES string of the molecule is CC(C)C(C)SCC(=O)Nc1ccc(C#N)cc1. The van der Waals surface area contributed by atoms with Gasteiger partial charge in [0, 0.05) is 10.9 Å². The van der Waals surface area contributed by atoms with Crippen molar-refractivity contribution in [2.24, 2.45) is 5.92 Å². The maximum Gasteiger partial charge on any atom is 0.234 e. The van der Waals surface area contributed by atoms with Crippen LogP contribution in [0, 0.1) is 17.2 Å². The van der Waals surface area contributed by atoms with E-state index in [1.165, 1.54) is 0 Å². The molecule has 18 heavy (non-hydrogen) atoms. The second kappa shape index (κ2) is 7.07. The summed E-state index contributed by atoms with van der Waals surface area (Å²) in [6.45, 7) is 6.43. The van der Waals surface area contributed by atoms with Gasteiger partial charge in [-0.1, -0.05) is 20.8 Å². The summed E-state index contributed by atoms with van der Waals surface area (Å²) in [5, 5.41) is 12.0. The highest BCUT2D eigenvalue weighted by Crippen LogP contribution is 2.19. The van der Waals surface area contributed by atoms with Crippen LogP contribution in [0.15, 0.2) is 24.3 Å². The lowest BCUT2D eigenvalue weighted by Gasteiger charge is -2.14. The quantitative estimate of drug-likeness (QED) is 0.886. The third kappa shape index (κ3) is 4.80. The Morgan fingerprint density at radius 1 is 1.33 bits per heavy atom. The van der Waals surface area contributed by atoms with Crippen LogP contribution in [0.25, 0.3) is 0 Å². The molecule has 0 aliphatic carbocycles. The van der Waals surface area contributed by atoms with Gasteiger partial charge < -0.3 is 5.32 Å². The zero-order chi connectivity index (χ0) is 13.5. The van der Waals surface area contributed by atoms with E-state index in [4.69, 9.17) is 5.26 Å². The summed E-state index contributed by atoms with van der Waals surface area (Å²) in [4.78, 5) is 11.7. The van der Waals surface area contributed by atoms with Crippen LogP contribution in [0.3, 0.4) is 0 Å². The van der Waals surface area contributed by atoms with E-state index in [1.54, 1.807) is 36.0 Å². The Labute approximate surface area is 113 Å². The molecule has 1 aromatic carbocycles. The fraction of sp³-hybridized carbons (Fsp3) is 0.429. The first-order valence-corrected chi connectivity index (χ1v) is 6.99. The number of nitriles is 1. The summed E-state index contributed by atoms with van der Waals surface area (Å²) in [5.41, 5.74) is 1.33. The molecule has 0 aliphatic heterocycles. The highest BCUT2D eigenvalue weighted by atomic mass is 32.2. The number of thioether (sulfide) groups is 1. The fourth-order valence-corrected chi connectivity index (χ4v) is 2.10. The fourth-order valence-electron chi connectivity index (χ4n) is 1.22. The third-order valence-corrected chi connectivity index (χ3v) is 4.21. The highest BCUT2D eigenvalue weighted by Gasteiger charge is 2.10. The van der Waals surface area contributed by atoms with E-state index < -0.39 is 0 Å². The van der Waals surface area contributed by atoms with Gasteiger partial charge in [-0.2, -0.15) is 5.26 Å². The largest absolute Gasteiger partial charge is 0.325 e. The van der Waals surface area contributed by atoms with Crippen LogP contribution < -0.4 is 5.32 Å². The topological polar surface area (TPSA) is 52.9 Å². The number of benzene rings is 1. The van der Waals surface area contributed by atoms with Gasteiger partial charge >= 0.3 is 0 Å². The van der Waals surface area contributed by atoms with Crippen LogP contribution in [0.5, 0.6) is 0 Å².